The van der Waals surface area contributed by atoms with Crippen LogP contribution in [-0.4, -0.2) is 4.33 Å². The van der Waals surface area contributed by atoms with Crippen LogP contribution in [0.3, 0.4) is 0 Å². The number of halogens is 2. The van der Waals surface area contributed by atoms with Crippen molar-refractivity contribution in [1.29, 1.82) is 0 Å². The molecular formula is C13H14Cl2S. The monoisotopic (exact) mass is 272 g/mol. The highest BCUT2D eigenvalue weighted by Gasteiger charge is 2.39. The molecule has 3 heteroatoms. The number of allylic oxidation sites excluding steroid dienone is 6. The molecule has 0 spiro atoms. The molecular weight excluding hydrogens is 259 g/mol. The first-order valence-electron chi connectivity index (χ1n) is 4.91. The van der Waals surface area contributed by atoms with Crippen LogP contribution in [0.2, 0.25) is 0 Å². The molecule has 0 N–H and O–H groups in total. The topological polar surface area (TPSA) is 0 Å². The molecule has 0 fully saturated rings. The van der Waals surface area contributed by atoms with Crippen LogP contribution in [0.5, 0.6) is 0 Å². The first-order chi connectivity index (χ1) is 7.52. The predicted octanol–water partition coefficient (Wildman–Crippen LogP) is 5.38. The third kappa shape index (κ3) is 2.17. The molecule has 0 aromatic rings. The fourth-order valence-electron chi connectivity index (χ4n) is 1.60. The Bertz CT molecular complexity index is 412. The standard InChI is InChI=1S/C13H14Cl2S/c1-5-9-11(7-3)16-12(8-4)10(6-2)13(9,14)15/h5-8H,1,3H2,2,4H3/b10-6+,12-8+. The Labute approximate surface area is 111 Å². The summed E-state index contributed by atoms with van der Waals surface area (Å²) in [6.07, 6.45) is 7.39. The van der Waals surface area contributed by atoms with E-state index in [0.717, 1.165) is 21.0 Å². The summed E-state index contributed by atoms with van der Waals surface area (Å²) < 4.78 is -1.03. The van der Waals surface area contributed by atoms with Gasteiger partial charge in [-0.2, -0.15) is 0 Å². The molecule has 1 aliphatic heterocycles. The molecule has 0 aromatic heterocycles. The van der Waals surface area contributed by atoms with E-state index in [9.17, 15) is 0 Å². The maximum atomic E-state index is 6.42. The van der Waals surface area contributed by atoms with Crippen LogP contribution >= 0.6 is 35.0 Å². The van der Waals surface area contributed by atoms with Crippen molar-refractivity contribution < 1.29 is 0 Å². The van der Waals surface area contributed by atoms with Gasteiger partial charge in [-0.15, -0.1) is 0 Å². The molecule has 0 saturated heterocycles. The largest absolute Gasteiger partial charge is 0.169 e. The second-order valence-electron chi connectivity index (χ2n) is 3.22. The van der Waals surface area contributed by atoms with Gasteiger partial charge in [0.2, 0.25) is 0 Å². The fourth-order valence-corrected chi connectivity index (χ4v) is 3.77. The minimum Gasteiger partial charge on any atom is -0.0986 e. The molecule has 0 atom stereocenters. The van der Waals surface area contributed by atoms with Crippen LogP contribution in [0.15, 0.2) is 58.4 Å². The SMILES string of the molecule is C=CC1=C(C=C)C(Cl)(Cl)C(=C/C)/C(=C\C)S1. The summed E-state index contributed by atoms with van der Waals surface area (Å²) in [6, 6.07) is 0. The van der Waals surface area contributed by atoms with E-state index in [2.05, 4.69) is 13.2 Å². The van der Waals surface area contributed by atoms with Gasteiger partial charge in [-0.3, -0.25) is 0 Å². The van der Waals surface area contributed by atoms with Crippen molar-refractivity contribution in [3.05, 3.63) is 58.4 Å². The zero-order chi connectivity index (χ0) is 12.3. The second kappa shape index (κ2) is 5.31. The van der Waals surface area contributed by atoms with Gasteiger partial charge in [-0.05, 0) is 13.8 Å². The summed E-state index contributed by atoms with van der Waals surface area (Å²) in [7, 11) is 0. The zero-order valence-electron chi connectivity index (χ0n) is 9.39. The van der Waals surface area contributed by atoms with Gasteiger partial charge in [0.15, 0.2) is 4.33 Å². The molecule has 0 saturated carbocycles. The molecule has 0 aromatic carbocycles. The van der Waals surface area contributed by atoms with Gasteiger partial charge in [-0.1, -0.05) is 72.4 Å². The summed E-state index contributed by atoms with van der Waals surface area (Å²) in [6.45, 7) is 11.4. The van der Waals surface area contributed by atoms with Crippen molar-refractivity contribution in [2.24, 2.45) is 0 Å². The van der Waals surface area contributed by atoms with Gasteiger partial charge in [0.25, 0.3) is 0 Å². The van der Waals surface area contributed by atoms with Gasteiger partial charge in [0, 0.05) is 21.0 Å². The maximum absolute atomic E-state index is 6.42. The zero-order valence-corrected chi connectivity index (χ0v) is 11.7. The summed E-state index contributed by atoms with van der Waals surface area (Å²) in [5.74, 6) is 0. The lowest BCUT2D eigenvalue weighted by atomic mass is 10.0. The number of hydrogen-bond donors (Lipinski definition) is 0. The normalized spacial score (nSPS) is 25.0. The van der Waals surface area contributed by atoms with Crippen molar-refractivity contribution >= 4 is 35.0 Å². The minimum atomic E-state index is -1.03. The van der Waals surface area contributed by atoms with Crippen LogP contribution in [-0.2, 0) is 0 Å². The summed E-state index contributed by atoms with van der Waals surface area (Å²) in [4.78, 5) is 2.02. The number of thioether (sulfide) groups is 1. The average molecular weight is 273 g/mol. The van der Waals surface area contributed by atoms with Crippen molar-refractivity contribution in [3.8, 4) is 0 Å². The molecule has 1 heterocycles. The van der Waals surface area contributed by atoms with E-state index >= 15 is 0 Å². The number of alkyl halides is 2. The minimum absolute atomic E-state index is 0.800. The van der Waals surface area contributed by atoms with Crippen molar-refractivity contribution in [2.75, 3.05) is 0 Å². The van der Waals surface area contributed by atoms with E-state index in [-0.39, 0.29) is 0 Å². The Morgan fingerprint density at radius 2 is 1.75 bits per heavy atom. The van der Waals surface area contributed by atoms with Crippen LogP contribution in [0, 0.1) is 0 Å². The second-order valence-corrected chi connectivity index (χ2v) is 5.63. The lowest BCUT2D eigenvalue weighted by Gasteiger charge is -2.32. The highest BCUT2D eigenvalue weighted by atomic mass is 35.5. The summed E-state index contributed by atoms with van der Waals surface area (Å²) >= 11 is 14.4. The van der Waals surface area contributed by atoms with Crippen molar-refractivity contribution in [1.82, 2.24) is 0 Å². The van der Waals surface area contributed by atoms with Gasteiger partial charge in [0.05, 0.1) is 0 Å². The van der Waals surface area contributed by atoms with E-state index < -0.39 is 4.33 Å². The van der Waals surface area contributed by atoms with Gasteiger partial charge in [0.1, 0.15) is 0 Å². The lowest BCUT2D eigenvalue weighted by molar-refractivity contribution is 1.09. The Kier molecular flexibility index (Phi) is 4.54. The highest BCUT2D eigenvalue weighted by Crippen LogP contribution is 2.53. The van der Waals surface area contributed by atoms with Gasteiger partial charge < -0.3 is 0 Å². The Morgan fingerprint density at radius 1 is 1.12 bits per heavy atom. The van der Waals surface area contributed by atoms with E-state index in [1.54, 1.807) is 23.9 Å². The van der Waals surface area contributed by atoms with Gasteiger partial charge >= 0.3 is 0 Å². The maximum Gasteiger partial charge on any atom is 0.169 e. The quantitative estimate of drug-likeness (QED) is 0.608. The molecule has 1 rings (SSSR count). The first-order valence-corrected chi connectivity index (χ1v) is 6.48. The van der Waals surface area contributed by atoms with E-state index in [1.165, 1.54) is 0 Å². The third-order valence-electron chi connectivity index (χ3n) is 2.37. The molecule has 0 radical (unpaired) electrons. The average Bonchev–Trinajstić information content (AvgIpc) is 2.26. The Morgan fingerprint density at radius 3 is 2.12 bits per heavy atom. The highest BCUT2D eigenvalue weighted by molar-refractivity contribution is 8.07. The third-order valence-corrected chi connectivity index (χ3v) is 4.46. The van der Waals surface area contributed by atoms with Crippen LogP contribution < -0.4 is 0 Å². The molecule has 16 heavy (non-hydrogen) atoms. The molecule has 0 nitrogen and oxygen atoms in total. The van der Waals surface area contributed by atoms with Crippen LogP contribution in [0.4, 0.5) is 0 Å². The molecule has 0 aliphatic carbocycles. The van der Waals surface area contributed by atoms with Crippen LogP contribution in [0.1, 0.15) is 13.8 Å². The molecule has 0 bridgehead atoms. The lowest BCUT2D eigenvalue weighted by Crippen LogP contribution is -2.23. The predicted molar refractivity (Wildman–Crippen MR) is 77.0 cm³/mol. The summed E-state index contributed by atoms with van der Waals surface area (Å²) in [5.41, 5.74) is 1.71. The van der Waals surface area contributed by atoms with E-state index in [0.29, 0.717) is 0 Å². The molecule has 1 aliphatic rings. The summed E-state index contributed by atoms with van der Waals surface area (Å²) in [5, 5.41) is 0. The van der Waals surface area contributed by atoms with Crippen LogP contribution in [0.25, 0.3) is 0 Å². The fraction of sp³-hybridized carbons (Fsp3) is 0.231. The first kappa shape index (κ1) is 13.7. The van der Waals surface area contributed by atoms with Crippen molar-refractivity contribution in [2.45, 2.75) is 18.2 Å². The number of hydrogen-bond acceptors (Lipinski definition) is 1. The van der Waals surface area contributed by atoms with Crippen molar-refractivity contribution in [3.63, 3.8) is 0 Å². The van der Waals surface area contributed by atoms with Gasteiger partial charge in [-0.25, -0.2) is 0 Å². The number of rotatable bonds is 2. The Hall–Kier alpha value is -0.370. The molecule has 0 unspecified atom stereocenters. The van der Waals surface area contributed by atoms with E-state index in [4.69, 9.17) is 23.2 Å². The molecule has 0 amide bonds. The Balaban J connectivity index is 3.50. The smallest absolute Gasteiger partial charge is 0.0986 e. The molecule has 86 valence electrons. The van der Waals surface area contributed by atoms with E-state index in [1.807, 2.05) is 26.0 Å².